The second-order valence-corrected chi connectivity index (χ2v) is 14.5. The van der Waals surface area contributed by atoms with Crippen LogP contribution in [0.1, 0.15) is 92.4 Å². The molecule has 1 amide bonds. The van der Waals surface area contributed by atoms with Crippen LogP contribution in [0.2, 0.25) is 0 Å². The number of carbonyl (C=O) groups excluding carboxylic acids is 2. The van der Waals surface area contributed by atoms with Crippen LogP contribution in [-0.4, -0.2) is 72.0 Å². The summed E-state index contributed by atoms with van der Waals surface area (Å²) >= 11 is 0. The van der Waals surface area contributed by atoms with Gasteiger partial charge in [-0.05, 0) is 119 Å². The minimum absolute atomic E-state index is 0.0194. The predicted molar refractivity (Wildman–Crippen MR) is 198 cm³/mol. The highest BCUT2D eigenvalue weighted by molar-refractivity contribution is 5.90. The number of carboxylic acids is 1. The molecule has 9 heteroatoms. The molecule has 2 N–H and O–H groups in total. The molecule has 0 unspecified atom stereocenters. The number of hydrogen-bond donors (Lipinski definition) is 2. The van der Waals surface area contributed by atoms with Crippen LogP contribution in [0.25, 0.3) is 5.57 Å². The molecular weight excluding hydrogens is 644 g/mol. The first kappa shape index (κ1) is 37.6. The van der Waals surface area contributed by atoms with E-state index in [1.54, 1.807) is 28.2 Å². The van der Waals surface area contributed by atoms with Gasteiger partial charge in [-0.25, -0.2) is 9.59 Å². The van der Waals surface area contributed by atoms with Crippen LogP contribution in [0.3, 0.4) is 0 Å². The molecule has 9 nitrogen and oxygen atoms in total. The van der Waals surface area contributed by atoms with Gasteiger partial charge in [0.25, 0.3) is 0 Å². The monoisotopic (exact) mass is 696 g/mol. The summed E-state index contributed by atoms with van der Waals surface area (Å²) in [5.74, 6) is -0.0166. The van der Waals surface area contributed by atoms with Crippen LogP contribution in [0.5, 0.6) is 5.75 Å². The zero-order valence-corrected chi connectivity index (χ0v) is 30.4. The number of para-hydroxylation sites is 1. The maximum Gasteiger partial charge on any atom is 0.410 e. The lowest BCUT2D eigenvalue weighted by Gasteiger charge is -2.43. The van der Waals surface area contributed by atoms with E-state index in [0.717, 1.165) is 48.4 Å². The lowest BCUT2D eigenvalue weighted by atomic mass is 9.83. The van der Waals surface area contributed by atoms with E-state index in [1.807, 2.05) is 64.1 Å². The second kappa shape index (κ2) is 17.1. The van der Waals surface area contributed by atoms with Crippen molar-refractivity contribution < 1.29 is 33.7 Å². The summed E-state index contributed by atoms with van der Waals surface area (Å²) in [5.41, 5.74) is 5.28. The minimum Gasteiger partial charge on any atom is -0.482 e. The topological polar surface area (TPSA) is 114 Å². The van der Waals surface area contributed by atoms with Crippen molar-refractivity contribution >= 4 is 23.6 Å². The van der Waals surface area contributed by atoms with Crippen molar-refractivity contribution in [2.24, 2.45) is 5.92 Å². The molecule has 1 aliphatic carbocycles. The third kappa shape index (κ3) is 10.2. The number of ether oxygens (including phenoxy) is 3. The number of nitrogens with zero attached hydrogens (tertiary/aromatic N) is 1. The molecule has 0 atom stereocenters. The number of esters is 1. The summed E-state index contributed by atoms with van der Waals surface area (Å²) in [4.78, 5) is 36.6. The highest BCUT2D eigenvalue weighted by Gasteiger charge is 2.40. The number of benzene rings is 3. The van der Waals surface area contributed by atoms with Crippen LogP contribution in [0, 0.1) is 5.92 Å². The van der Waals surface area contributed by atoms with Gasteiger partial charge in [0.1, 0.15) is 17.0 Å². The van der Waals surface area contributed by atoms with Crippen LogP contribution in [0.4, 0.5) is 4.79 Å². The summed E-state index contributed by atoms with van der Waals surface area (Å²) in [6.45, 7) is 10.9. The third-order valence-electron chi connectivity index (χ3n) is 9.57. The number of likely N-dealkylation sites (tertiary alicyclic amines) is 1. The van der Waals surface area contributed by atoms with Crippen molar-refractivity contribution in [3.63, 3.8) is 0 Å². The van der Waals surface area contributed by atoms with Crippen LogP contribution in [0.15, 0.2) is 78.9 Å². The number of fused-ring (bicyclic) bond motifs is 2. The van der Waals surface area contributed by atoms with Crippen molar-refractivity contribution in [2.75, 3.05) is 32.8 Å². The Labute approximate surface area is 302 Å². The Balaban J connectivity index is 0.000000203. The summed E-state index contributed by atoms with van der Waals surface area (Å²) < 4.78 is 16.9. The highest BCUT2D eigenvalue weighted by atomic mass is 16.6. The van der Waals surface area contributed by atoms with E-state index in [2.05, 4.69) is 35.7 Å². The molecule has 4 aliphatic rings. The molecule has 272 valence electrons. The first-order valence-electron chi connectivity index (χ1n) is 18.2. The summed E-state index contributed by atoms with van der Waals surface area (Å²) in [5, 5.41) is 12.4. The Hall–Kier alpha value is -4.63. The van der Waals surface area contributed by atoms with E-state index in [1.165, 1.54) is 19.3 Å². The largest absolute Gasteiger partial charge is 0.482 e. The van der Waals surface area contributed by atoms with Gasteiger partial charge in [0, 0.05) is 31.5 Å². The zero-order valence-electron chi connectivity index (χ0n) is 30.4. The molecule has 3 heterocycles. The van der Waals surface area contributed by atoms with E-state index in [0.29, 0.717) is 32.5 Å². The van der Waals surface area contributed by atoms with Gasteiger partial charge in [-0.3, -0.25) is 4.79 Å². The lowest BCUT2D eigenvalue weighted by Crippen LogP contribution is -2.50. The van der Waals surface area contributed by atoms with E-state index in [9.17, 15) is 19.5 Å². The number of carbonyl (C=O) groups is 3. The summed E-state index contributed by atoms with van der Waals surface area (Å²) in [6, 6.07) is 23.5. The van der Waals surface area contributed by atoms with Gasteiger partial charge in [-0.2, -0.15) is 0 Å². The average Bonchev–Trinajstić information content (AvgIpc) is 3.61. The molecule has 3 aromatic carbocycles. The van der Waals surface area contributed by atoms with Gasteiger partial charge < -0.3 is 29.5 Å². The highest BCUT2D eigenvalue weighted by Crippen LogP contribution is 2.43. The number of aromatic carboxylic acids is 1. The van der Waals surface area contributed by atoms with Crippen molar-refractivity contribution in [1.82, 2.24) is 10.2 Å². The van der Waals surface area contributed by atoms with Crippen molar-refractivity contribution in [3.05, 3.63) is 107 Å². The molecule has 0 radical (unpaired) electrons. The summed E-state index contributed by atoms with van der Waals surface area (Å²) in [7, 11) is 0. The molecule has 1 spiro atoms. The number of aryl methyl sites for hydroxylation is 2. The van der Waals surface area contributed by atoms with E-state index in [4.69, 9.17) is 14.2 Å². The zero-order chi connectivity index (χ0) is 36.4. The molecule has 3 aromatic rings. The van der Waals surface area contributed by atoms with Crippen molar-refractivity contribution in [1.29, 1.82) is 0 Å². The number of amides is 1. The number of rotatable bonds is 4. The molecule has 7 rings (SSSR count). The van der Waals surface area contributed by atoms with Crippen LogP contribution < -0.4 is 10.1 Å². The number of carboxylic acid groups (broad SMARTS) is 1. The molecule has 0 aromatic heterocycles. The van der Waals surface area contributed by atoms with E-state index in [-0.39, 0.29) is 23.5 Å². The third-order valence-corrected chi connectivity index (χ3v) is 9.57. The van der Waals surface area contributed by atoms with Crippen molar-refractivity contribution in [2.45, 2.75) is 83.8 Å². The maximum absolute atomic E-state index is 12.5. The number of nitrogens with one attached hydrogen (secondary N) is 1. The van der Waals surface area contributed by atoms with Gasteiger partial charge >= 0.3 is 18.0 Å². The Morgan fingerprint density at radius 1 is 0.902 bits per heavy atom. The van der Waals surface area contributed by atoms with Gasteiger partial charge in [0.2, 0.25) is 0 Å². The molecule has 2 fully saturated rings. The quantitative estimate of drug-likeness (QED) is 0.267. The first-order chi connectivity index (χ1) is 24.5. The SMILES string of the molecule is CC(C)(C)OC(=O)N1CCC2(C=C(c3ccc(C(=O)O)cc3)c3ccccc3O2)CC1.CCOC(=O)C1CCNCC1.c1ccc2c(c1)CCC2. The minimum atomic E-state index is -0.945. The van der Waals surface area contributed by atoms with Crippen LogP contribution in [-0.2, 0) is 27.1 Å². The second-order valence-electron chi connectivity index (χ2n) is 14.5. The average molecular weight is 697 g/mol. The predicted octanol–water partition coefficient (Wildman–Crippen LogP) is 7.70. The standard InChI is InChI=1S/C25H27NO5.C9H10.C8H15NO2/c1-24(2,3)31-23(29)26-14-12-25(13-15-26)16-20(19-6-4-5-7-21(19)30-25)17-8-10-18(11-9-17)22(27)28;1-2-5-9-7-3-6-8(9)4-1;1-2-11-8(10)7-3-5-9-6-4-7/h4-11,16H,12-15H2,1-3H3,(H,27,28);1-2,4-5H,3,6-7H2;7,9H,2-6H2,1H3. The lowest BCUT2D eigenvalue weighted by molar-refractivity contribution is -0.148. The molecular formula is C42H52N2O7. The maximum atomic E-state index is 12.5. The molecule has 51 heavy (non-hydrogen) atoms. The first-order valence-corrected chi connectivity index (χ1v) is 18.2. The van der Waals surface area contributed by atoms with Crippen LogP contribution >= 0.6 is 0 Å². The van der Waals surface area contributed by atoms with Crippen molar-refractivity contribution in [3.8, 4) is 5.75 Å². The van der Waals surface area contributed by atoms with E-state index >= 15 is 0 Å². The molecule has 3 aliphatic heterocycles. The smallest absolute Gasteiger partial charge is 0.410 e. The molecule has 0 bridgehead atoms. The Bertz CT molecular complexity index is 1650. The summed E-state index contributed by atoms with van der Waals surface area (Å²) in [6.07, 6.45) is 8.96. The van der Waals surface area contributed by atoms with Gasteiger partial charge in [0.15, 0.2) is 0 Å². The Morgan fingerprint density at radius 3 is 2.10 bits per heavy atom. The fraction of sp³-hybridized carbons (Fsp3) is 0.452. The molecule has 2 saturated heterocycles. The Morgan fingerprint density at radius 2 is 1.51 bits per heavy atom. The fourth-order valence-corrected chi connectivity index (χ4v) is 6.87. The Kier molecular flexibility index (Phi) is 12.6. The van der Waals surface area contributed by atoms with E-state index < -0.39 is 17.2 Å². The van der Waals surface area contributed by atoms with Gasteiger partial charge in [-0.15, -0.1) is 0 Å². The molecule has 0 saturated carbocycles. The number of piperidine rings is 2. The fourth-order valence-electron chi connectivity index (χ4n) is 6.87. The number of hydrogen-bond acceptors (Lipinski definition) is 7. The van der Waals surface area contributed by atoms with Gasteiger partial charge in [-0.1, -0.05) is 54.6 Å². The van der Waals surface area contributed by atoms with Gasteiger partial charge in [0.05, 0.1) is 18.1 Å². The normalized spacial score (nSPS) is 17.6.